The zero-order chi connectivity index (χ0) is 17.7. The summed E-state index contributed by atoms with van der Waals surface area (Å²) < 4.78 is 5.53. The van der Waals surface area contributed by atoms with Crippen LogP contribution in [0.15, 0.2) is 42.5 Å². The molecular weight excluding hydrogens is 324 g/mol. The number of anilines is 2. The molecule has 24 heavy (non-hydrogen) atoms. The van der Waals surface area contributed by atoms with Gasteiger partial charge in [0, 0.05) is 5.69 Å². The Morgan fingerprint density at radius 3 is 2.46 bits per heavy atom. The third kappa shape index (κ3) is 4.65. The quantitative estimate of drug-likeness (QED) is 0.749. The maximum Gasteiger partial charge on any atom is 0.262 e. The van der Waals surface area contributed by atoms with Crippen LogP contribution in [0.2, 0.25) is 5.02 Å². The Morgan fingerprint density at radius 2 is 1.88 bits per heavy atom. The van der Waals surface area contributed by atoms with Crippen LogP contribution < -0.4 is 15.8 Å². The van der Waals surface area contributed by atoms with Gasteiger partial charge in [-0.25, -0.2) is 0 Å². The van der Waals surface area contributed by atoms with E-state index in [4.69, 9.17) is 22.1 Å². The lowest BCUT2D eigenvalue weighted by Crippen LogP contribution is -2.20. The number of hydrogen-bond acceptors (Lipinski definition) is 3. The van der Waals surface area contributed by atoms with Gasteiger partial charge in [0.1, 0.15) is 5.75 Å². The fourth-order valence-corrected chi connectivity index (χ4v) is 2.29. The molecule has 0 aromatic heterocycles. The van der Waals surface area contributed by atoms with Crippen molar-refractivity contribution in [2.75, 3.05) is 17.7 Å². The average Bonchev–Trinajstić information content (AvgIpc) is 2.57. The van der Waals surface area contributed by atoms with Gasteiger partial charge in [-0.1, -0.05) is 44.5 Å². The van der Waals surface area contributed by atoms with E-state index in [0.29, 0.717) is 22.1 Å². The molecule has 1 amide bonds. The van der Waals surface area contributed by atoms with Crippen LogP contribution >= 0.6 is 11.6 Å². The number of rotatable bonds is 6. The second-order valence-corrected chi connectivity index (χ2v) is 6.74. The number of hydrogen-bond donors (Lipinski definition) is 2. The van der Waals surface area contributed by atoms with Crippen LogP contribution in [-0.4, -0.2) is 12.5 Å². The minimum absolute atomic E-state index is 0.0704. The molecule has 0 atom stereocenters. The molecule has 2 aromatic carbocycles. The highest BCUT2D eigenvalue weighted by Gasteiger charge is 2.17. The molecule has 0 radical (unpaired) electrons. The number of halogens is 1. The fraction of sp³-hybridized carbons (Fsp3) is 0.316. The van der Waals surface area contributed by atoms with Crippen molar-refractivity contribution >= 4 is 28.9 Å². The zero-order valence-electron chi connectivity index (χ0n) is 14.2. The lowest BCUT2D eigenvalue weighted by atomic mass is 9.82. The third-order valence-corrected chi connectivity index (χ3v) is 4.51. The minimum Gasteiger partial charge on any atom is -0.484 e. The summed E-state index contributed by atoms with van der Waals surface area (Å²) in [5, 5.41) is 3.18. The summed E-state index contributed by atoms with van der Waals surface area (Å²) >= 11 is 5.85. The van der Waals surface area contributed by atoms with Crippen molar-refractivity contribution in [3.8, 4) is 5.75 Å². The molecule has 0 saturated heterocycles. The first kappa shape index (κ1) is 18.1. The summed E-state index contributed by atoms with van der Waals surface area (Å²) in [6, 6.07) is 12.8. The van der Waals surface area contributed by atoms with Crippen molar-refractivity contribution in [1.29, 1.82) is 0 Å². The summed E-state index contributed by atoms with van der Waals surface area (Å²) in [6.07, 6.45) is 1.06. The predicted octanol–water partition coefficient (Wildman–Crippen LogP) is 4.63. The molecule has 4 nitrogen and oxygen atoms in total. The molecule has 0 aliphatic carbocycles. The molecule has 0 fully saturated rings. The molecule has 0 aliphatic rings. The van der Waals surface area contributed by atoms with E-state index in [1.165, 1.54) is 5.56 Å². The highest BCUT2D eigenvalue weighted by molar-refractivity contribution is 6.33. The van der Waals surface area contributed by atoms with Gasteiger partial charge in [-0.15, -0.1) is 0 Å². The van der Waals surface area contributed by atoms with Gasteiger partial charge in [0.25, 0.3) is 5.91 Å². The van der Waals surface area contributed by atoms with Gasteiger partial charge >= 0.3 is 0 Å². The van der Waals surface area contributed by atoms with E-state index in [2.05, 4.69) is 26.1 Å². The minimum atomic E-state index is -0.255. The monoisotopic (exact) mass is 346 g/mol. The van der Waals surface area contributed by atoms with Gasteiger partial charge in [-0.2, -0.15) is 0 Å². The molecule has 128 valence electrons. The summed E-state index contributed by atoms with van der Waals surface area (Å²) in [4.78, 5) is 11.9. The van der Waals surface area contributed by atoms with Crippen LogP contribution in [0.25, 0.3) is 0 Å². The molecule has 0 aliphatic heterocycles. The first-order valence-corrected chi connectivity index (χ1v) is 8.28. The molecule has 5 heteroatoms. The van der Waals surface area contributed by atoms with Crippen LogP contribution in [0.5, 0.6) is 5.75 Å². The summed E-state index contributed by atoms with van der Waals surface area (Å²) in [6.45, 7) is 6.50. The lowest BCUT2D eigenvalue weighted by Gasteiger charge is -2.23. The van der Waals surface area contributed by atoms with Crippen molar-refractivity contribution in [2.24, 2.45) is 0 Å². The fourth-order valence-electron chi connectivity index (χ4n) is 2.17. The molecule has 0 spiro atoms. The SMILES string of the molecule is CCC(C)(C)c1ccc(OCC(=O)Nc2ccc(Cl)c(N)c2)cc1. The molecule has 0 unspecified atom stereocenters. The van der Waals surface area contributed by atoms with Crippen molar-refractivity contribution in [1.82, 2.24) is 0 Å². The normalized spacial score (nSPS) is 11.2. The van der Waals surface area contributed by atoms with Gasteiger partial charge in [-0.05, 0) is 47.7 Å². The molecule has 2 aromatic rings. The van der Waals surface area contributed by atoms with E-state index in [9.17, 15) is 4.79 Å². The molecule has 0 heterocycles. The molecule has 0 bridgehead atoms. The van der Waals surface area contributed by atoms with Crippen LogP contribution in [0.1, 0.15) is 32.8 Å². The van der Waals surface area contributed by atoms with E-state index in [1.54, 1.807) is 18.2 Å². The van der Waals surface area contributed by atoms with E-state index >= 15 is 0 Å². The van der Waals surface area contributed by atoms with Crippen molar-refractivity contribution in [3.05, 3.63) is 53.1 Å². The topological polar surface area (TPSA) is 64.3 Å². The second-order valence-electron chi connectivity index (χ2n) is 6.33. The van der Waals surface area contributed by atoms with Crippen LogP contribution in [0, 0.1) is 0 Å². The number of nitrogen functional groups attached to an aromatic ring is 1. The van der Waals surface area contributed by atoms with E-state index in [0.717, 1.165) is 6.42 Å². The Balaban J connectivity index is 1.90. The molecule has 0 saturated carbocycles. The molecule has 2 rings (SSSR count). The standard InChI is InChI=1S/C19H23ClN2O2/c1-4-19(2,3)13-5-8-15(9-6-13)24-12-18(23)22-14-7-10-16(20)17(21)11-14/h5-11H,4,12,21H2,1-3H3,(H,22,23). The zero-order valence-corrected chi connectivity index (χ0v) is 15.0. The number of carbonyl (C=O) groups is 1. The predicted molar refractivity (Wildman–Crippen MR) is 99.7 cm³/mol. The van der Waals surface area contributed by atoms with Crippen molar-refractivity contribution in [2.45, 2.75) is 32.6 Å². The number of benzene rings is 2. The number of ether oxygens (including phenoxy) is 1. The highest BCUT2D eigenvalue weighted by Crippen LogP contribution is 2.28. The Hall–Kier alpha value is -2.20. The maximum absolute atomic E-state index is 11.9. The maximum atomic E-state index is 11.9. The highest BCUT2D eigenvalue weighted by atomic mass is 35.5. The Morgan fingerprint density at radius 1 is 1.21 bits per heavy atom. The first-order valence-electron chi connectivity index (χ1n) is 7.90. The average molecular weight is 347 g/mol. The second kappa shape index (κ2) is 7.58. The third-order valence-electron chi connectivity index (χ3n) is 4.17. The van der Waals surface area contributed by atoms with E-state index in [-0.39, 0.29) is 17.9 Å². The Bertz CT molecular complexity index is 712. The van der Waals surface area contributed by atoms with Crippen molar-refractivity contribution < 1.29 is 9.53 Å². The molecular formula is C19H23ClN2O2. The van der Waals surface area contributed by atoms with Gasteiger partial charge < -0.3 is 15.8 Å². The first-order chi connectivity index (χ1) is 11.3. The van der Waals surface area contributed by atoms with E-state index in [1.807, 2.05) is 24.3 Å². The van der Waals surface area contributed by atoms with Crippen LogP contribution in [0.3, 0.4) is 0 Å². The summed E-state index contributed by atoms with van der Waals surface area (Å²) in [7, 11) is 0. The lowest BCUT2D eigenvalue weighted by molar-refractivity contribution is -0.118. The van der Waals surface area contributed by atoms with Gasteiger partial charge in [-0.3, -0.25) is 4.79 Å². The summed E-state index contributed by atoms with van der Waals surface area (Å²) in [5.74, 6) is 0.408. The smallest absolute Gasteiger partial charge is 0.262 e. The van der Waals surface area contributed by atoms with E-state index < -0.39 is 0 Å². The number of nitrogens with two attached hydrogens (primary N) is 1. The van der Waals surface area contributed by atoms with Crippen molar-refractivity contribution in [3.63, 3.8) is 0 Å². The number of carbonyl (C=O) groups excluding carboxylic acids is 1. The molecule has 3 N–H and O–H groups in total. The van der Waals surface area contributed by atoms with Gasteiger partial charge in [0.15, 0.2) is 6.61 Å². The Kier molecular flexibility index (Phi) is 5.73. The number of amides is 1. The summed E-state index contributed by atoms with van der Waals surface area (Å²) in [5.41, 5.74) is 8.09. The number of nitrogens with one attached hydrogen (secondary N) is 1. The van der Waals surface area contributed by atoms with Crippen LogP contribution in [0.4, 0.5) is 11.4 Å². The largest absolute Gasteiger partial charge is 0.484 e. The van der Waals surface area contributed by atoms with Crippen LogP contribution in [-0.2, 0) is 10.2 Å². The van der Waals surface area contributed by atoms with Gasteiger partial charge in [0.05, 0.1) is 10.7 Å². The van der Waals surface area contributed by atoms with Gasteiger partial charge in [0.2, 0.25) is 0 Å². The Labute approximate surface area is 148 Å².